The van der Waals surface area contributed by atoms with Crippen molar-refractivity contribution in [2.24, 2.45) is 0 Å². The lowest BCUT2D eigenvalue weighted by Crippen LogP contribution is -2.41. The molecular weight excluding hydrogens is 292 g/mol. The van der Waals surface area contributed by atoms with Gasteiger partial charge in [0, 0.05) is 31.8 Å². The van der Waals surface area contributed by atoms with E-state index in [1.807, 2.05) is 0 Å². The van der Waals surface area contributed by atoms with E-state index < -0.39 is 9.84 Å². The fourth-order valence-corrected chi connectivity index (χ4v) is 3.10. The highest BCUT2D eigenvalue weighted by atomic mass is 32.2. The molecule has 1 N–H and O–H groups in total. The lowest BCUT2D eigenvalue weighted by atomic mass is 10.2. The molecule has 1 aromatic rings. The lowest BCUT2D eigenvalue weighted by molar-refractivity contribution is -0.0321. The number of aromatic amines is 1. The largest absolute Gasteiger partial charge is 0.367 e. The molecule has 120 valence electrons. The number of ether oxygens (including phenoxy) is 1. The number of morpholine rings is 1. The van der Waals surface area contributed by atoms with E-state index in [0.29, 0.717) is 25.5 Å². The Bertz CT molecular complexity index is 543. The van der Waals surface area contributed by atoms with E-state index in [0.717, 1.165) is 25.2 Å². The van der Waals surface area contributed by atoms with Gasteiger partial charge >= 0.3 is 0 Å². The van der Waals surface area contributed by atoms with Gasteiger partial charge in [0.05, 0.1) is 12.4 Å². The van der Waals surface area contributed by atoms with Crippen LogP contribution in [0.25, 0.3) is 0 Å². The quantitative estimate of drug-likeness (QED) is 0.791. The van der Waals surface area contributed by atoms with Crippen LogP contribution >= 0.6 is 0 Å². The number of aryl methyl sites for hydroxylation is 1. The molecule has 1 atom stereocenters. The van der Waals surface area contributed by atoms with Crippen molar-refractivity contribution in [1.29, 1.82) is 0 Å². The third-order valence-electron chi connectivity index (χ3n) is 3.63. The molecule has 0 aliphatic carbocycles. The van der Waals surface area contributed by atoms with Crippen LogP contribution in [0.15, 0.2) is 0 Å². The zero-order valence-electron chi connectivity index (χ0n) is 12.7. The van der Waals surface area contributed by atoms with Gasteiger partial charge in [0.15, 0.2) is 15.7 Å². The van der Waals surface area contributed by atoms with Crippen molar-refractivity contribution in [3.63, 3.8) is 0 Å². The molecule has 0 unspecified atom stereocenters. The SMILES string of the molecule is CCCc1nc([C@@H]2CN(CCS(=O)(=O)CC)CCO2)n[nH]1. The van der Waals surface area contributed by atoms with Crippen LogP contribution in [0.5, 0.6) is 0 Å². The van der Waals surface area contributed by atoms with Crippen molar-refractivity contribution in [3.05, 3.63) is 11.6 Å². The first-order valence-corrected chi connectivity index (χ1v) is 9.31. The number of aromatic nitrogens is 3. The lowest BCUT2D eigenvalue weighted by Gasteiger charge is -2.31. The summed E-state index contributed by atoms with van der Waals surface area (Å²) in [6.45, 7) is 6.29. The zero-order chi connectivity index (χ0) is 15.3. The van der Waals surface area contributed by atoms with E-state index in [9.17, 15) is 8.42 Å². The van der Waals surface area contributed by atoms with Crippen LogP contribution < -0.4 is 0 Å². The van der Waals surface area contributed by atoms with Crippen LogP contribution in [0.3, 0.4) is 0 Å². The van der Waals surface area contributed by atoms with Gasteiger partial charge < -0.3 is 4.74 Å². The summed E-state index contributed by atoms with van der Waals surface area (Å²) in [4.78, 5) is 6.55. The minimum atomic E-state index is -2.92. The van der Waals surface area contributed by atoms with E-state index in [2.05, 4.69) is 27.0 Å². The molecule has 0 bridgehead atoms. The van der Waals surface area contributed by atoms with Gasteiger partial charge in [0.25, 0.3) is 0 Å². The summed E-state index contributed by atoms with van der Waals surface area (Å²) >= 11 is 0. The Balaban J connectivity index is 1.90. The predicted octanol–water partition coefficient (Wildman–Crippen LogP) is 0.565. The summed E-state index contributed by atoms with van der Waals surface area (Å²) in [6.07, 6.45) is 1.71. The first kappa shape index (κ1) is 16.4. The maximum absolute atomic E-state index is 11.6. The number of nitrogens with one attached hydrogen (secondary N) is 1. The minimum Gasteiger partial charge on any atom is -0.367 e. The van der Waals surface area contributed by atoms with Gasteiger partial charge in [-0.15, -0.1) is 0 Å². The molecule has 1 aromatic heterocycles. The first-order valence-electron chi connectivity index (χ1n) is 7.49. The van der Waals surface area contributed by atoms with Crippen molar-refractivity contribution in [3.8, 4) is 0 Å². The Morgan fingerprint density at radius 2 is 2.24 bits per heavy atom. The molecule has 0 radical (unpaired) electrons. The van der Waals surface area contributed by atoms with Gasteiger partial charge in [-0.1, -0.05) is 13.8 Å². The molecule has 1 aliphatic heterocycles. The number of hydrogen-bond acceptors (Lipinski definition) is 6. The van der Waals surface area contributed by atoms with E-state index in [1.54, 1.807) is 6.92 Å². The second-order valence-electron chi connectivity index (χ2n) is 5.29. The molecule has 0 spiro atoms. The van der Waals surface area contributed by atoms with E-state index in [1.165, 1.54) is 0 Å². The highest BCUT2D eigenvalue weighted by Crippen LogP contribution is 2.19. The third-order valence-corrected chi connectivity index (χ3v) is 5.32. The molecule has 21 heavy (non-hydrogen) atoms. The summed E-state index contributed by atoms with van der Waals surface area (Å²) in [5.74, 6) is 1.94. The smallest absolute Gasteiger partial charge is 0.180 e. The second kappa shape index (κ2) is 7.33. The molecule has 0 amide bonds. The Morgan fingerprint density at radius 3 is 2.95 bits per heavy atom. The second-order valence-corrected chi connectivity index (χ2v) is 7.76. The molecule has 0 saturated carbocycles. The average Bonchev–Trinajstić information content (AvgIpc) is 2.95. The first-order chi connectivity index (χ1) is 10.0. The van der Waals surface area contributed by atoms with Crippen LogP contribution in [-0.2, 0) is 21.0 Å². The standard InChI is InChI=1S/C13H24N4O3S/c1-3-5-12-14-13(16-15-12)11-10-17(6-8-20-11)7-9-21(18,19)4-2/h11H,3-10H2,1-2H3,(H,14,15,16)/t11-/m0/s1. The van der Waals surface area contributed by atoms with E-state index in [4.69, 9.17) is 4.74 Å². The normalized spacial score (nSPS) is 20.8. The van der Waals surface area contributed by atoms with Crippen molar-refractivity contribution in [2.75, 3.05) is 37.7 Å². The van der Waals surface area contributed by atoms with Crippen LogP contribution in [0, 0.1) is 0 Å². The van der Waals surface area contributed by atoms with Crippen LogP contribution in [0.2, 0.25) is 0 Å². The minimum absolute atomic E-state index is 0.176. The van der Waals surface area contributed by atoms with Crippen molar-refractivity contribution in [1.82, 2.24) is 20.1 Å². The molecule has 2 heterocycles. The molecule has 8 heteroatoms. The molecule has 7 nitrogen and oxygen atoms in total. The highest BCUT2D eigenvalue weighted by molar-refractivity contribution is 7.91. The average molecular weight is 316 g/mol. The fraction of sp³-hybridized carbons (Fsp3) is 0.846. The molecule has 1 aliphatic rings. The summed E-state index contributed by atoms with van der Waals surface area (Å²) < 4.78 is 28.9. The third kappa shape index (κ3) is 4.76. The summed E-state index contributed by atoms with van der Waals surface area (Å²) in [6, 6.07) is 0. The van der Waals surface area contributed by atoms with Gasteiger partial charge in [-0.3, -0.25) is 10.00 Å². The Hall–Kier alpha value is -0.990. The zero-order valence-corrected chi connectivity index (χ0v) is 13.5. The van der Waals surface area contributed by atoms with E-state index in [-0.39, 0.29) is 17.6 Å². The fourth-order valence-electron chi connectivity index (χ4n) is 2.28. The van der Waals surface area contributed by atoms with E-state index >= 15 is 0 Å². The van der Waals surface area contributed by atoms with Gasteiger partial charge in [0.1, 0.15) is 11.9 Å². The van der Waals surface area contributed by atoms with Gasteiger partial charge in [0.2, 0.25) is 0 Å². The Kier molecular flexibility index (Phi) is 5.72. The molecule has 0 aromatic carbocycles. The number of hydrogen-bond donors (Lipinski definition) is 1. The summed E-state index contributed by atoms with van der Waals surface area (Å²) in [7, 11) is -2.92. The molecule has 1 fully saturated rings. The number of H-pyrrole nitrogens is 1. The Morgan fingerprint density at radius 1 is 1.43 bits per heavy atom. The highest BCUT2D eigenvalue weighted by Gasteiger charge is 2.25. The van der Waals surface area contributed by atoms with Crippen molar-refractivity contribution in [2.45, 2.75) is 32.8 Å². The molecule has 2 rings (SSSR count). The van der Waals surface area contributed by atoms with Crippen LogP contribution in [0.4, 0.5) is 0 Å². The molecule has 1 saturated heterocycles. The summed E-state index contributed by atoms with van der Waals surface area (Å²) in [5.41, 5.74) is 0. The van der Waals surface area contributed by atoms with Crippen molar-refractivity contribution < 1.29 is 13.2 Å². The Labute approximate surface area is 126 Å². The van der Waals surface area contributed by atoms with Gasteiger partial charge in [-0.2, -0.15) is 5.10 Å². The number of rotatable bonds is 7. The monoisotopic (exact) mass is 316 g/mol. The molecular formula is C13H24N4O3S. The van der Waals surface area contributed by atoms with Gasteiger partial charge in [-0.25, -0.2) is 13.4 Å². The van der Waals surface area contributed by atoms with Crippen molar-refractivity contribution >= 4 is 9.84 Å². The predicted molar refractivity (Wildman–Crippen MR) is 79.8 cm³/mol. The van der Waals surface area contributed by atoms with Gasteiger partial charge in [-0.05, 0) is 6.42 Å². The topological polar surface area (TPSA) is 88.2 Å². The number of sulfone groups is 1. The van der Waals surface area contributed by atoms with Crippen LogP contribution in [-0.4, -0.2) is 66.2 Å². The number of nitrogens with zero attached hydrogens (tertiary/aromatic N) is 3. The summed E-state index contributed by atoms with van der Waals surface area (Å²) in [5, 5.41) is 7.14. The maximum Gasteiger partial charge on any atom is 0.180 e. The van der Waals surface area contributed by atoms with Crippen LogP contribution in [0.1, 0.15) is 38.0 Å². The maximum atomic E-state index is 11.6.